The van der Waals surface area contributed by atoms with Crippen LogP contribution in [-0.4, -0.2) is 5.11 Å². The molecular formula is C13H13NO3S. The van der Waals surface area contributed by atoms with Gasteiger partial charge in [-0.3, -0.25) is 4.79 Å². The van der Waals surface area contributed by atoms with E-state index >= 15 is 0 Å². The van der Waals surface area contributed by atoms with Gasteiger partial charge in [-0.05, 0) is 24.6 Å². The van der Waals surface area contributed by atoms with Crippen LogP contribution in [-0.2, 0) is 5.75 Å². The van der Waals surface area contributed by atoms with E-state index in [0.29, 0.717) is 17.2 Å². The fraction of sp³-hybridized carbons (Fsp3) is 0.154. The van der Waals surface area contributed by atoms with E-state index in [1.165, 1.54) is 17.8 Å². The zero-order chi connectivity index (χ0) is 13.1. The minimum atomic E-state index is -0.436. The largest absolute Gasteiger partial charge is 0.502 e. The van der Waals surface area contributed by atoms with Crippen molar-refractivity contribution in [3.05, 3.63) is 52.1 Å². The first-order valence-electron chi connectivity index (χ1n) is 5.36. The van der Waals surface area contributed by atoms with Crippen molar-refractivity contribution in [2.75, 3.05) is 5.73 Å². The van der Waals surface area contributed by atoms with Gasteiger partial charge in [0.05, 0.1) is 5.75 Å². The van der Waals surface area contributed by atoms with Gasteiger partial charge < -0.3 is 15.3 Å². The number of aromatic hydroxyl groups is 1. The minimum Gasteiger partial charge on any atom is -0.502 e. The van der Waals surface area contributed by atoms with Crippen LogP contribution >= 0.6 is 11.8 Å². The van der Waals surface area contributed by atoms with E-state index in [1.54, 1.807) is 0 Å². The number of hydrogen-bond acceptors (Lipinski definition) is 5. The molecule has 0 amide bonds. The Labute approximate surface area is 108 Å². The van der Waals surface area contributed by atoms with Crippen LogP contribution in [0.2, 0.25) is 0 Å². The molecule has 0 aliphatic carbocycles. The van der Waals surface area contributed by atoms with Gasteiger partial charge in [0.25, 0.3) is 0 Å². The van der Waals surface area contributed by atoms with Crippen molar-refractivity contribution in [2.24, 2.45) is 0 Å². The van der Waals surface area contributed by atoms with Gasteiger partial charge in [0.2, 0.25) is 5.43 Å². The maximum atomic E-state index is 11.2. The highest BCUT2D eigenvalue weighted by atomic mass is 32.2. The first-order valence-corrected chi connectivity index (χ1v) is 6.34. The first kappa shape index (κ1) is 12.6. The van der Waals surface area contributed by atoms with Crippen LogP contribution in [0.4, 0.5) is 5.69 Å². The maximum absolute atomic E-state index is 11.2. The number of hydrogen-bond donors (Lipinski definition) is 2. The Balaban J connectivity index is 2.11. The van der Waals surface area contributed by atoms with Crippen molar-refractivity contribution < 1.29 is 9.52 Å². The Morgan fingerprint density at radius 3 is 2.83 bits per heavy atom. The second-order valence-electron chi connectivity index (χ2n) is 3.93. The van der Waals surface area contributed by atoms with Gasteiger partial charge in [0.15, 0.2) is 5.75 Å². The molecule has 0 atom stereocenters. The van der Waals surface area contributed by atoms with E-state index in [-0.39, 0.29) is 5.75 Å². The molecule has 0 bridgehead atoms. The minimum absolute atomic E-state index is 0.376. The van der Waals surface area contributed by atoms with Crippen LogP contribution in [0.25, 0.3) is 0 Å². The lowest BCUT2D eigenvalue weighted by atomic mass is 10.2. The smallest absolute Gasteiger partial charge is 0.226 e. The van der Waals surface area contributed by atoms with Crippen LogP contribution in [0.1, 0.15) is 11.3 Å². The summed E-state index contributed by atoms with van der Waals surface area (Å²) in [6.45, 7) is 1.98. The Morgan fingerprint density at radius 1 is 1.39 bits per heavy atom. The highest BCUT2D eigenvalue weighted by Gasteiger charge is 2.05. The van der Waals surface area contributed by atoms with Crippen molar-refractivity contribution >= 4 is 17.4 Å². The molecule has 0 fully saturated rings. The Hall–Kier alpha value is -1.88. The summed E-state index contributed by atoms with van der Waals surface area (Å²) in [5, 5.41) is 9.07. The molecule has 1 aromatic heterocycles. The number of benzene rings is 1. The standard InChI is InChI=1S/C13H13NO3S/c1-8-2-3-13(10(14)4-8)18-7-9-5-11(15)12(16)6-17-9/h2-6,16H,7,14H2,1H3. The molecule has 0 aliphatic heterocycles. The van der Waals surface area contributed by atoms with Crippen LogP contribution in [0.5, 0.6) is 5.75 Å². The fourth-order valence-corrected chi connectivity index (χ4v) is 2.31. The molecular weight excluding hydrogens is 250 g/mol. The van der Waals surface area contributed by atoms with Crippen molar-refractivity contribution in [1.82, 2.24) is 0 Å². The van der Waals surface area contributed by atoms with Crippen LogP contribution < -0.4 is 11.2 Å². The maximum Gasteiger partial charge on any atom is 0.226 e. The molecule has 0 unspecified atom stereocenters. The average Bonchev–Trinajstić information content (AvgIpc) is 2.32. The number of thioether (sulfide) groups is 1. The second-order valence-corrected chi connectivity index (χ2v) is 4.94. The molecule has 0 saturated carbocycles. The van der Waals surface area contributed by atoms with E-state index in [2.05, 4.69) is 0 Å². The van der Waals surface area contributed by atoms with Crippen molar-refractivity contribution in [1.29, 1.82) is 0 Å². The Kier molecular flexibility index (Phi) is 3.62. The summed E-state index contributed by atoms with van der Waals surface area (Å²) in [7, 11) is 0. The van der Waals surface area contributed by atoms with Gasteiger partial charge in [0, 0.05) is 16.6 Å². The lowest BCUT2D eigenvalue weighted by Crippen LogP contribution is -1.99. The molecule has 0 radical (unpaired) electrons. The predicted molar refractivity (Wildman–Crippen MR) is 71.8 cm³/mol. The quantitative estimate of drug-likeness (QED) is 0.657. The van der Waals surface area contributed by atoms with Crippen molar-refractivity contribution in [3.63, 3.8) is 0 Å². The molecule has 3 N–H and O–H groups in total. The lowest BCUT2D eigenvalue weighted by molar-refractivity contribution is 0.419. The molecule has 94 valence electrons. The third-order valence-electron chi connectivity index (χ3n) is 2.40. The van der Waals surface area contributed by atoms with E-state index < -0.39 is 5.43 Å². The highest BCUT2D eigenvalue weighted by Crippen LogP contribution is 2.28. The lowest BCUT2D eigenvalue weighted by Gasteiger charge is -2.05. The molecule has 1 aromatic carbocycles. The number of nitrogen functional groups attached to an aromatic ring is 1. The van der Waals surface area contributed by atoms with Crippen LogP contribution in [0, 0.1) is 6.92 Å². The number of anilines is 1. The van der Waals surface area contributed by atoms with E-state index in [9.17, 15) is 4.79 Å². The molecule has 0 aliphatic rings. The molecule has 18 heavy (non-hydrogen) atoms. The molecule has 2 aromatic rings. The second kappa shape index (κ2) is 5.18. The number of rotatable bonds is 3. The normalized spacial score (nSPS) is 10.5. The van der Waals surface area contributed by atoms with Gasteiger partial charge in [-0.25, -0.2) is 0 Å². The molecule has 4 nitrogen and oxygen atoms in total. The van der Waals surface area contributed by atoms with Gasteiger partial charge in [0.1, 0.15) is 12.0 Å². The predicted octanol–water partition coefficient (Wildman–Crippen LogP) is 2.53. The molecule has 0 spiro atoms. The van der Waals surface area contributed by atoms with Crippen molar-refractivity contribution in [2.45, 2.75) is 17.6 Å². The van der Waals surface area contributed by atoms with Gasteiger partial charge in [-0.1, -0.05) is 6.07 Å². The average molecular weight is 263 g/mol. The summed E-state index contributed by atoms with van der Waals surface area (Å²) in [4.78, 5) is 12.2. The fourth-order valence-electron chi connectivity index (χ4n) is 1.47. The van der Waals surface area contributed by atoms with Gasteiger partial charge in [-0.2, -0.15) is 0 Å². The molecule has 0 saturated heterocycles. The summed E-state index contributed by atoms with van der Waals surface area (Å²) < 4.78 is 5.11. The molecule has 1 heterocycles. The third kappa shape index (κ3) is 2.87. The third-order valence-corrected chi connectivity index (χ3v) is 3.51. The topological polar surface area (TPSA) is 76.5 Å². The monoisotopic (exact) mass is 263 g/mol. The summed E-state index contributed by atoms with van der Waals surface area (Å²) in [5.74, 6) is 0.615. The zero-order valence-electron chi connectivity index (χ0n) is 9.84. The van der Waals surface area contributed by atoms with Gasteiger partial charge >= 0.3 is 0 Å². The summed E-state index contributed by atoms with van der Waals surface area (Å²) in [6.07, 6.45) is 1.05. The van der Waals surface area contributed by atoms with Gasteiger partial charge in [-0.15, -0.1) is 11.8 Å². The van der Waals surface area contributed by atoms with Crippen LogP contribution in [0.15, 0.2) is 44.6 Å². The number of nitrogens with two attached hydrogens (primary N) is 1. The molecule has 2 rings (SSSR count). The van der Waals surface area contributed by atoms with E-state index in [1.807, 2.05) is 25.1 Å². The van der Waals surface area contributed by atoms with E-state index in [0.717, 1.165) is 16.7 Å². The highest BCUT2D eigenvalue weighted by molar-refractivity contribution is 7.98. The Bertz CT molecular complexity index is 622. The zero-order valence-corrected chi connectivity index (χ0v) is 10.7. The van der Waals surface area contributed by atoms with Crippen LogP contribution in [0.3, 0.4) is 0 Å². The summed E-state index contributed by atoms with van der Waals surface area (Å²) in [5.41, 5.74) is 7.26. The Morgan fingerprint density at radius 2 is 2.17 bits per heavy atom. The van der Waals surface area contributed by atoms with E-state index in [4.69, 9.17) is 15.3 Å². The first-order chi connectivity index (χ1) is 8.56. The number of aryl methyl sites for hydroxylation is 1. The SMILES string of the molecule is Cc1ccc(SCc2cc(=O)c(O)co2)c(N)c1. The van der Waals surface area contributed by atoms with Crippen molar-refractivity contribution in [3.8, 4) is 5.75 Å². The summed E-state index contributed by atoms with van der Waals surface area (Å²) >= 11 is 1.48. The molecule has 5 heteroatoms. The summed E-state index contributed by atoms with van der Waals surface area (Å²) in [6, 6.07) is 7.10.